The number of para-hydroxylation sites is 2. The van der Waals surface area contributed by atoms with Crippen molar-refractivity contribution in [3.8, 4) is 5.75 Å². The van der Waals surface area contributed by atoms with E-state index in [1.807, 2.05) is 24.3 Å². The van der Waals surface area contributed by atoms with Crippen molar-refractivity contribution in [2.45, 2.75) is 6.54 Å². The maximum absolute atomic E-state index is 13.6. The van der Waals surface area contributed by atoms with Crippen molar-refractivity contribution in [1.29, 1.82) is 0 Å². The summed E-state index contributed by atoms with van der Waals surface area (Å²) in [7, 11) is 1.57. The topological polar surface area (TPSA) is 59.6 Å². The lowest BCUT2D eigenvalue weighted by Crippen LogP contribution is -2.23. The highest BCUT2D eigenvalue weighted by Crippen LogP contribution is 2.22. The molecule has 0 atom stereocenters. The normalized spacial score (nSPS) is 11.3. The van der Waals surface area contributed by atoms with E-state index in [1.54, 1.807) is 19.2 Å². The third kappa shape index (κ3) is 4.19. The molecule has 0 amide bonds. The molecule has 0 fully saturated rings. The van der Waals surface area contributed by atoms with Gasteiger partial charge in [0.2, 0.25) is 0 Å². The minimum Gasteiger partial charge on any atom is -0.495 e. The molecule has 6 heteroatoms. The second-order valence-corrected chi connectivity index (χ2v) is 5.18. The first kappa shape index (κ1) is 15.3. The molecule has 0 bridgehead atoms. The van der Waals surface area contributed by atoms with Crippen LogP contribution in [0.25, 0.3) is 0 Å². The summed E-state index contributed by atoms with van der Waals surface area (Å²) in [5.41, 5.74) is 6.99. The highest BCUT2D eigenvalue weighted by atomic mass is 79.9. The number of methoxy groups -OCH3 is 1. The van der Waals surface area contributed by atoms with Crippen LogP contribution in [0.15, 0.2) is 51.9 Å². The van der Waals surface area contributed by atoms with E-state index >= 15 is 0 Å². The lowest BCUT2D eigenvalue weighted by Gasteiger charge is -2.10. The van der Waals surface area contributed by atoms with Crippen LogP contribution >= 0.6 is 15.9 Å². The van der Waals surface area contributed by atoms with E-state index in [4.69, 9.17) is 10.5 Å². The van der Waals surface area contributed by atoms with Gasteiger partial charge in [-0.1, -0.05) is 28.1 Å². The number of nitrogens with two attached hydrogens (primary N) is 1. The molecule has 0 aliphatic heterocycles. The molecular formula is C15H15BrFN3O. The van der Waals surface area contributed by atoms with E-state index in [1.165, 1.54) is 6.07 Å². The van der Waals surface area contributed by atoms with E-state index in [-0.39, 0.29) is 18.3 Å². The van der Waals surface area contributed by atoms with Gasteiger partial charge in [-0.25, -0.2) is 9.38 Å². The number of hydrogen-bond acceptors (Lipinski definition) is 2. The predicted molar refractivity (Wildman–Crippen MR) is 86.0 cm³/mol. The van der Waals surface area contributed by atoms with E-state index in [9.17, 15) is 4.39 Å². The van der Waals surface area contributed by atoms with E-state index in [0.717, 1.165) is 4.47 Å². The van der Waals surface area contributed by atoms with Gasteiger partial charge in [0.05, 0.1) is 19.3 Å². The zero-order valence-corrected chi connectivity index (χ0v) is 13.0. The number of halogens is 2. The fourth-order valence-electron chi connectivity index (χ4n) is 1.76. The summed E-state index contributed by atoms with van der Waals surface area (Å²) in [6, 6.07) is 12.0. The van der Waals surface area contributed by atoms with Crippen LogP contribution in [-0.4, -0.2) is 13.1 Å². The van der Waals surface area contributed by atoms with Crippen LogP contribution in [0.2, 0.25) is 0 Å². The van der Waals surface area contributed by atoms with Crippen LogP contribution in [-0.2, 0) is 6.54 Å². The molecule has 2 aromatic carbocycles. The molecule has 0 spiro atoms. The van der Waals surface area contributed by atoms with Gasteiger partial charge in [0, 0.05) is 10.0 Å². The van der Waals surface area contributed by atoms with Crippen LogP contribution in [0.1, 0.15) is 5.56 Å². The smallest absolute Gasteiger partial charge is 0.193 e. The minimum atomic E-state index is -0.313. The zero-order valence-electron chi connectivity index (χ0n) is 11.4. The Kier molecular flexibility index (Phi) is 5.16. The quantitative estimate of drug-likeness (QED) is 0.654. The third-order valence-corrected chi connectivity index (χ3v) is 3.29. The van der Waals surface area contributed by atoms with E-state index < -0.39 is 0 Å². The summed E-state index contributed by atoms with van der Waals surface area (Å²) >= 11 is 3.30. The summed E-state index contributed by atoms with van der Waals surface area (Å²) in [5, 5.41) is 2.93. The number of rotatable bonds is 4. The predicted octanol–water partition coefficient (Wildman–Crippen LogP) is 3.52. The minimum absolute atomic E-state index is 0.152. The van der Waals surface area contributed by atoms with Gasteiger partial charge in [0.15, 0.2) is 5.96 Å². The monoisotopic (exact) mass is 351 g/mol. The van der Waals surface area contributed by atoms with Gasteiger partial charge < -0.3 is 15.8 Å². The van der Waals surface area contributed by atoms with Gasteiger partial charge in [-0.3, -0.25) is 0 Å². The molecule has 2 rings (SSSR count). The van der Waals surface area contributed by atoms with Gasteiger partial charge in [0.25, 0.3) is 0 Å². The van der Waals surface area contributed by atoms with Crippen molar-refractivity contribution in [2.75, 3.05) is 12.4 Å². The molecule has 0 radical (unpaired) electrons. The average Bonchev–Trinajstić information content (AvgIpc) is 2.49. The van der Waals surface area contributed by atoms with Crippen LogP contribution < -0.4 is 15.8 Å². The maximum Gasteiger partial charge on any atom is 0.193 e. The Hall–Kier alpha value is -2.08. The number of aliphatic imine (C=N–C) groups is 1. The Morgan fingerprint density at radius 2 is 2.10 bits per heavy atom. The Morgan fingerprint density at radius 3 is 2.86 bits per heavy atom. The Labute approximate surface area is 131 Å². The summed E-state index contributed by atoms with van der Waals surface area (Å²) in [6.45, 7) is 0.152. The molecule has 3 N–H and O–H groups in total. The SMILES string of the molecule is COc1ccccc1NC(N)=NCc1cc(Br)ccc1F. The summed E-state index contributed by atoms with van der Waals surface area (Å²) in [5.74, 6) is 0.537. The maximum atomic E-state index is 13.6. The van der Waals surface area contributed by atoms with Gasteiger partial charge >= 0.3 is 0 Å². The number of nitrogens with zero attached hydrogens (tertiary/aromatic N) is 1. The van der Waals surface area contributed by atoms with Crippen molar-refractivity contribution >= 4 is 27.6 Å². The molecule has 0 saturated carbocycles. The molecule has 110 valence electrons. The van der Waals surface area contributed by atoms with Gasteiger partial charge in [-0.05, 0) is 30.3 Å². The molecule has 0 aromatic heterocycles. The summed E-state index contributed by atoms with van der Waals surface area (Å²) < 4.78 is 19.6. The molecule has 4 nitrogen and oxygen atoms in total. The molecular weight excluding hydrogens is 337 g/mol. The van der Waals surface area contributed by atoms with Crippen LogP contribution in [0.4, 0.5) is 10.1 Å². The Morgan fingerprint density at radius 1 is 1.33 bits per heavy atom. The Bertz CT molecular complexity index is 661. The zero-order chi connectivity index (χ0) is 15.2. The highest BCUT2D eigenvalue weighted by molar-refractivity contribution is 9.10. The fourth-order valence-corrected chi connectivity index (χ4v) is 2.17. The number of hydrogen-bond donors (Lipinski definition) is 2. The average molecular weight is 352 g/mol. The van der Waals surface area contributed by atoms with Crippen LogP contribution in [0.5, 0.6) is 5.75 Å². The first-order valence-corrected chi connectivity index (χ1v) is 7.03. The Balaban J connectivity index is 2.09. The highest BCUT2D eigenvalue weighted by Gasteiger charge is 2.04. The molecule has 2 aromatic rings. The van der Waals surface area contributed by atoms with Crippen LogP contribution in [0.3, 0.4) is 0 Å². The lowest BCUT2D eigenvalue weighted by atomic mass is 10.2. The third-order valence-electron chi connectivity index (χ3n) is 2.80. The van der Waals surface area contributed by atoms with Gasteiger partial charge in [-0.2, -0.15) is 0 Å². The van der Waals surface area contributed by atoms with Gasteiger partial charge in [0.1, 0.15) is 11.6 Å². The summed E-state index contributed by atoms with van der Waals surface area (Å²) in [6.07, 6.45) is 0. The molecule has 0 unspecified atom stereocenters. The van der Waals surface area contributed by atoms with E-state index in [2.05, 4.69) is 26.2 Å². The molecule has 0 saturated heterocycles. The summed E-state index contributed by atoms with van der Waals surface area (Å²) in [4.78, 5) is 4.13. The van der Waals surface area contributed by atoms with Crippen molar-refractivity contribution in [2.24, 2.45) is 10.7 Å². The second-order valence-electron chi connectivity index (χ2n) is 4.26. The molecule has 21 heavy (non-hydrogen) atoms. The number of benzene rings is 2. The second kappa shape index (κ2) is 7.08. The van der Waals surface area contributed by atoms with E-state index in [0.29, 0.717) is 17.0 Å². The van der Waals surface area contributed by atoms with Crippen molar-refractivity contribution in [1.82, 2.24) is 0 Å². The van der Waals surface area contributed by atoms with Crippen molar-refractivity contribution in [3.05, 3.63) is 58.3 Å². The lowest BCUT2D eigenvalue weighted by molar-refractivity contribution is 0.417. The first-order valence-electron chi connectivity index (χ1n) is 6.24. The number of nitrogens with one attached hydrogen (secondary N) is 1. The van der Waals surface area contributed by atoms with Crippen molar-refractivity contribution < 1.29 is 9.13 Å². The molecule has 0 heterocycles. The number of ether oxygens (including phenoxy) is 1. The first-order chi connectivity index (χ1) is 10.1. The molecule has 0 aliphatic rings. The number of anilines is 1. The standard InChI is InChI=1S/C15H15BrFN3O/c1-21-14-5-3-2-4-13(14)20-15(18)19-9-10-8-11(16)6-7-12(10)17/h2-8H,9H2,1H3,(H3,18,19,20). The molecule has 0 aliphatic carbocycles. The van der Waals surface area contributed by atoms with Crippen LogP contribution in [0, 0.1) is 5.82 Å². The fraction of sp³-hybridized carbons (Fsp3) is 0.133. The largest absolute Gasteiger partial charge is 0.495 e. The van der Waals surface area contributed by atoms with Gasteiger partial charge in [-0.15, -0.1) is 0 Å². The van der Waals surface area contributed by atoms with Crippen molar-refractivity contribution in [3.63, 3.8) is 0 Å². The number of guanidine groups is 1.